The second-order valence-electron chi connectivity index (χ2n) is 3.04. The summed E-state index contributed by atoms with van der Waals surface area (Å²) in [5, 5.41) is 8.96. The van der Waals surface area contributed by atoms with Gasteiger partial charge in [0.05, 0.1) is 0 Å². The Morgan fingerprint density at radius 1 is 1.31 bits per heavy atom. The van der Waals surface area contributed by atoms with Gasteiger partial charge in [-0.3, -0.25) is 0 Å². The van der Waals surface area contributed by atoms with Crippen molar-refractivity contribution >= 4 is 23.3 Å². The highest BCUT2D eigenvalue weighted by Gasteiger charge is 1.94. The molecule has 0 radical (unpaired) electrons. The summed E-state index contributed by atoms with van der Waals surface area (Å²) in [6.45, 7) is 3.83. The Hall–Kier alpha value is -1.15. The lowest BCUT2D eigenvalue weighted by molar-refractivity contribution is 0.569. The van der Waals surface area contributed by atoms with Gasteiger partial charge in [-0.2, -0.15) is 0 Å². The van der Waals surface area contributed by atoms with Gasteiger partial charge in [0, 0.05) is 5.57 Å². The number of benzene rings is 1. The highest BCUT2D eigenvalue weighted by atomic mass is 32.1. The molecule has 13 heavy (non-hydrogen) atoms. The Morgan fingerprint density at radius 2 is 1.85 bits per heavy atom. The molecular formula is C11H12OS. The van der Waals surface area contributed by atoms with Crippen molar-refractivity contribution in [1.82, 2.24) is 0 Å². The number of aliphatic hydroxyl groups is 1. The van der Waals surface area contributed by atoms with Crippen molar-refractivity contribution in [3.8, 4) is 0 Å². The van der Waals surface area contributed by atoms with E-state index in [2.05, 4.69) is 12.2 Å². The minimum atomic E-state index is -0.0411. The van der Waals surface area contributed by atoms with Crippen LogP contribution in [0.5, 0.6) is 0 Å². The second kappa shape index (κ2) is 4.19. The maximum absolute atomic E-state index is 9.00. The van der Waals surface area contributed by atoms with Crippen LogP contribution in [0.1, 0.15) is 18.1 Å². The summed E-state index contributed by atoms with van der Waals surface area (Å²) in [4.78, 5) is 0. The minimum Gasteiger partial charge on any atom is -0.499 e. The SMILES string of the molecule is C/C(=C\c1ccc(C)cc1)C(O)=S. The van der Waals surface area contributed by atoms with Crippen LogP contribution in [-0.4, -0.2) is 10.2 Å². The lowest BCUT2D eigenvalue weighted by Crippen LogP contribution is -1.91. The van der Waals surface area contributed by atoms with Gasteiger partial charge in [0.1, 0.15) is 0 Å². The molecule has 0 amide bonds. The third kappa shape index (κ3) is 2.99. The standard InChI is InChI=1S/C11H12OS/c1-8-3-5-10(6-4-8)7-9(2)11(12)13/h3-7H,1-2H3,(H,12,13)/b9-7+. The van der Waals surface area contributed by atoms with Gasteiger partial charge in [0.25, 0.3) is 0 Å². The van der Waals surface area contributed by atoms with E-state index in [0.717, 1.165) is 11.1 Å². The zero-order chi connectivity index (χ0) is 9.84. The van der Waals surface area contributed by atoms with Crippen LogP contribution in [0.3, 0.4) is 0 Å². The molecule has 1 nitrogen and oxygen atoms in total. The second-order valence-corrected chi connectivity index (χ2v) is 3.43. The summed E-state index contributed by atoms with van der Waals surface area (Å²) < 4.78 is 0. The van der Waals surface area contributed by atoms with E-state index >= 15 is 0 Å². The number of aliphatic hydroxyl groups excluding tert-OH is 1. The highest BCUT2D eigenvalue weighted by molar-refractivity contribution is 7.80. The number of thiocarbonyl (C=S) groups is 1. The third-order valence-corrected chi connectivity index (χ3v) is 2.12. The number of rotatable bonds is 2. The van der Waals surface area contributed by atoms with E-state index in [1.165, 1.54) is 5.56 Å². The van der Waals surface area contributed by atoms with Crippen LogP contribution in [-0.2, 0) is 0 Å². The normalized spacial score (nSPS) is 11.4. The predicted octanol–water partition coefficient (Wildman–Crippen LogP) is 3.28. The van der Waals surface area contributed by atoms with Crippen LogP contribution >= 0.6 is 12.2 Å². The summed E-state index contributed by atoms with van der Waals surface area (Å²) in [7, 11) is 0. The maximum atomic E-state index is 9.00. The van der Waals surface area contributed by atoms with E-state index in [-0.39, 0.29) is 5.05 Å². The molecule has 0 saturated carbocycles. The first-order valence-electron chi connectivity index (χ1n) is 4.08. The zero-order valence-electron chi connectivity index (χ0n) is 7.74. The van der Waals surface area contributed by atoms with Crippen LogP contribution in [0.2, 0.25) is 0 Å². The van der Waals surface area contributed by atoms with Crippen molar-refractivity contribution in [1.29, 1.82) is 0 Å². The molecule has 0 bridgehead atoms. The van der Waals surface area contributed by atoms with E-state index in [4.69, 9.17) is 5.11 Å². The molecule has 1 aromatic rings. The third-order valence-electron chi connectivity index (χ3n) is 1.80. The van der Waals surface area contributed by atoms with Gasteiger partial charge in [-0.05, 0) is 37.7 Å². The number of hydrogen-bond donors (Lipinski definition) is 1. The fourth-order valence-corrected chi connectivity index (χ4v) is 1.03. The fourth-order valence-electron chi connectivity index (χ4n) is 0.974. The Kier molecular flexibility index (Phi) is 3.20. The molecule has 2 heteroatoms. The molecule has 0 aromatic heterocycles. The largest absolute Gasteiger partial charge is 0.499 e. The molecule has 0 unspecified atom stereocenters. The molecule has 0 fully saturated rings. The van der Waals surface area contributed by atoms with Gasteiger partial charge in [-0.15, -0.1) is 0 Å². The molecule has 1 N–H and O–H groups in total. The van der Waals surface area contributed by atoms with Crippen LogP contribution in [0.25, 0.3) is 6.08 Å². The topological polar surface area (TPSA) is 20.2 Å². The van der Waals surface area contributed by atoms with Crippen LogP contribution in [0.4, 0.5) is 0 Å². The molecule has 0 spiro atoms. The number of aryl methyl sites for hydroxylation is 1. The average molecular weight is 192 g/mol. The van der Waals surface area contributed by atoms with Crippen molar-refractivity contribution in [2.45, 2.75) is 13.8 Å². The highest BCUT2D eigenvalue weighted by Crippen LogP contribution is 2.08. The molecule has 0 aliphatic heterocycles. The number of hydrogen-bond acceptors (Lipinski definition) is 1. The van der Waals surface area contributed by atoms with Crippen molar-refractivity contribution in [3.63, 3.8) is 0 Å². The Labute approximate surface area is 83.7 Å². The van der Waals surface area contributed by atoms with Gasteiger partial charge >= 0.3 is 0 Å². The predicted molar refractivity (Wildman–Crippen MR) is 60.1 cm³/mol. The fraction of sp³-hybridized carbons (Fsp3) is 0.182. The van der Waals surface area contributed by atoms with Gasteiger partial charge in [0.15, 0.2) is 5.05 Å². The quantitative estimate of drug-likeness (QED) is 0.573. The van der Waals surface area contributed by atoms with Gasteiger partial charge in [-0.25, -0.2) is 0 Å². The molecule has 1 rings (SSSR count). The zero-order valence-corrected chi connectivity index (χ0v) is 8.56. The van der Waals surface area contributed by atoms with Crippen LogP contribution < -0.4 is 0 Å². The van der Waals surface area contributed by atoms with Crippen LogP contribution in [0.15, 0.2) is 29.8 Å². The van der Waals surface area contributed by atoms with Crippen molar-refractivity contribution in [2.75, 3.05) is 0 Å². The van der Waals surface area contributed by atoms with Crippen molar-refractivity contribution < 1.29 is 5.11 Å². The monoisotopic (exact) mass is 192 g/mol. The maximum Gasteiger partial charge on any atom is 0.184 e. The molecular weight excluding hydrogens is 180 g/mol. The first-order chi connectivity index (χ1) is 6.09. The molecule has 0 atom stereocenters. The van der Waals surface area contributed by atoms with Gasteiger partial charge in [-0.1, -0.05) is 29.8 Å². The summed E-state index contributed by atoms with van der Waals surface area (Å²) in [5.74, 6) is 0. The Balaban J connectivity index is 2.92. The van der Waals surface area contributed by atoms with E-state index in [9.17, 15) is 0 Å². The Morgan fingerprint density at radius 3 is 2.31 bits per heavy atom. The summed E-state index contributed by atoms with van der Waals surface area (Å²) in [5.41, 5.74) is 3.00. The Bertz CT molecular complexity index is 336. The van der Waals surface area contributed by atoms with E-state index < -0.39 is 0 Å². The smallest absolute Gasteiger partial charge is 0.184 e. The molecule has 0 aliphatic rings. The lowest BCUT2D eigenvalue weighted by atomic mass is 10.1. The summed E-state index contributed by atoms with van der Waals surface area (Å²) in [6, 6.07) is 8.05. The summed E-state index contributed by atoms with van der Waals surface area (Å²) in [6.07, 6.45) is 1.86. The van der Waals surface area contributed by atoms with E-state index in [1.807, 2.05) is 37.3 Å². The first-order valence-corrected chi connectivity index (χ1v) is 4.48. The first kappa shape index (κ1) is 9.93. The molecule has 0 saturated heterocycles. The van der Waals surface area contributed by atoms with Gasteiger partial charge in [0.2, 0.25) is 0 Å². The van der Waals surface area contributed by atoms with Gasteiger partial charge < -0.3 is 5.11 Å². The average Bonchev–Trinajstić information content (AvgIpc) is 2.08. The minimum absolute atomic E-state index is 0.0411. The molecule has 0 heterocycles. The van der Waals surface area contributed by atoms with Crippen molar-refractivity contribution in [2.24, 2.45) is 0 Å². The molecule has 1 aromatic carbocycles. The van der Waals surface area contributed by atoms with Crippen molar-refractivity contribution in [3.05, 3.63) is 41.0 Å². The van der Waals surface area contributed by atoms with E-state index in [0.29, 0.717) is 0 Å². The lowest BCUT2D eigenvalue weighted by Gasteiger charge is -1.97. The molecule has 0 aliphatic carbocycles. The molecule has 68 valence electrons. The summed E-state index contributed by atoms with van der Waals surface area (Å²) >= 11 is 4.63. The van der Waals surface area contributed by atoms with Crippen LogP contribution in [0, 0.1) is 6.92 Å². The van der Waals surface area contributed by atoms with E-state index in [1.54, 1.807) is 6.92 Å².